The Morgan fingerprint density at radius 2 is 1.95 bits per heavy atom. The fourth-order valence-corrected chi connectivity index (χ4v) is 3.66. The second-order valence-corrected chi connectivity index (χ2v) is 6.18. The maximum Gasteiger partial charge on any atom is 0.416 e. The van der Waals surface area contributed by atoms with Gasteiger partial charge in [-0.1, -0.05) is 36.3 Å². The van der Waals surface area contributed by atoms with Gasteiger partial charge in [-0.15, -0.1) is 0 Å². The van der Waals surface area contributed by atoms with Crippen molar-refractivity contribution >= 4 is 0 Å². The van der Waals surface area contributed by atoms with E-state index in [2.05, 4.69) is 18.0 Å². The highest BCUT2D eigenvalue weighted by molar-refractivity contribution is 5.34. The van der Waals surface area contributed by atoms with Crippen LogP contribution in [-0.2, 0) is 12.6 Å². The Kier molecular flexibility index (Phi) is 3.82. The van der Waals surface area contributed by atoms with E-state index in [1.165, 1.54) is 24.1 Å². The molecule has 21 heavy (non-hydrogen) atoms. The molecule has 0 amide bonds. The van der Waals surface area contributed by atoms with Crippen LogP contribution in [-0.4, -0.2) is 24.0 Å². The predicted octanol–water partition coefficient (Wildman–Crippen LogP) is 4.43. The molecule has 1 nitrogen and oxygen atoms in total. The van der Waals surface area contributed by atoms with E-state index < -0.39 is 11.7 Å². The van der Waals surface area contributed by atoms with Crippen LogP contribution in [0.15, 0.2) is 35.9 Å². The first-order valence-electron chi connectivity index (χ1n) is 7.52. The fourth-order valence-electron chi connectivity index (χ4n) is 3.66. The molecule has 4 heteroatoms. The van der Waals surface area contributed by atoms with E-state index in [9.17, 15) is 13.2 Å². The van der Waals surface area contributed by atoms with Crippen LogP contribution in [0.3, 0.4) is 0 Å². The topological polar surface area (TPSA) is 3.24 Å². The number of piperidine rings is 1. The van der Waals surface area contributed by atoms with Crippen LogP contribution in [0.4, 0.5) is 13.2 Å². The van der Waals surface area contributed by atoms with Crippen molar-refractivity contribution in [2.45, 2.75) is 50.4 Å². The first kappa shape index (κ1) is 14.6. The van der Waals surface area contributed by atoms with Crippen molar-refractivity contribution in [1.29, 1.82) is 0 Å². The Bertz CT molecular complexity index is 547. The molecule has 0 spiro atoms. The summed E-state index contributed by atoms with van der Waals surface area (Å²) in [4.78, 5) is 2.38. The Balaban J connectivity index is 1.85. The summed E-state index contributed by atoms with van der Waals surface area (Å²) in [6.45, 7) is 0. The summed E-state index contributed by atoms with van der Waals surface area (Å²) in [6.07, 6.45) is 2.77. The second kappa shape index (κ2) is 5.48. The summed E-state index contributed by atoms with van der Waals surface area (Å²) in [5.74, 6) is 0. The van der Waals surface area contributed by atoms with Gasteiger partial charge >= 0.3 is 6.18 Å². The van der Waals surface area contributed by atoms with Crippen molar-refractivity contribution in [3.63, 3.8) is 0 Å². The van der Waals surface area contributed by atoms with Gasteiger partial charge in [0.2, 0.25) is 0 Å². The van der Waals surface area contributed by atoms with Gasteiger partial charge in [-0.3, -0.25) is 4.90 Å². The highest BCUT2D eigenvalue weighted by atomic mass is 19.4. The molecule has 0 N–H and O–H groups in total. The normalized spacial score (nSPS) is 26.6. The number of nitrogens with zero attached hydrogens (tertiary/aromatic N) is 1. The zero-order valence-corrected chi connectivity index (χ0v) is 12.2. The highest BCUT2D eigenvalue weighted by Gasteiger charge is 2.34. The Hall–Kier alpha value is -1.29. The molecule has 1 aromatic rings. The van der Waals surface area contributed by atoms with Crippen LogP contribution in [0.25, 0.3) is 0 Å². The molecule has 0 saturated carbocycles. The Morgan fingerprint density at radius 1 is 1.19 bits per heavy atom. The van der Waals surface area contributed by atoms with E-state index in [4.69, 9.17) is 0 Å². The van der Waals surface area contributed by atoms with Crippen LogP contribution >= 0.6 is 0 Å². The van der Waals surface area contributed by atoms with E-state index in [0.29, 0.717) is 24.1 Å². The molecule has 0 aliphatic carbocycles. The van der Waals surface area contributed by atoms with Gasteiger partial charge in [0.15, 0.2) is 0 Å². The van der Waals surface area contributed by atoms with Gasteiger partial charge in [0, 0.05) is 12.1 Å². The van der Waals surface area contributed by atoms with Crippen molar-refractivity contribution < 1.29 is 13.2 Å². The smallest absolute Gasteiger partial charge is 0.297 e. The number of alkyl halides is 3. The molecule has 2 heterocycles. The van der Waals surface area contributed by atoms with E-state index in [-0.39, 0.29) is 0 Å². The SMILES string of the molecule is CN1C2C=C(Cc3ccccc3C(F)(F)F)CC1CCC2. The molecule has 1 saturated heterocycles. The molecular weight excluding hydrogens is 275 g/mol. The molecule has 2 aliphatic heterocycles. The lowest BCUT2D eigenvalue weighted by molar-refractivity contribution is -0.138. The molecule has 1 aromatic carbocycles. The van der Waals surface area contributed by atoms with Crippen molar-refractivity contribution in [1.82, 2.24) is 4.90 Å². The Labute approximate surface area is 123 Å². The lowest BCUT2D eigenvalue weighted by atomic mass is 9.83. The predicted molar refractivity (Wildman–Crippen MR) is 77.0 cm³/mol. The maximum atomic E-state index is 13.1. The largest absolute Gasteiger partial charge is 0.416 e. The summed E-state index contributed by atoms with van der Waals surface area (Å²) < 4.78 is 39.2. The molecule has 0 radical (unpaired) electrons. The summed E-state index contributed by atoms with van der Waals surface area (Å²) in [5, 5.41) is 0. The van der Waals surface area contributed by atoms with Gasteiger partial charge in [-0.05, 0) is 44.4 Å². The second-order valence-electron chi connectivity index (χ2n) is 6.18. The minimum absolute atomic E-state index is 0.402. The molecule has 2 unspecified atom stereocenters. The number of likely N-dealkylation sites (N-methyl/N-ethyl adjacent to an activating group) is 1. The number of halogens is 3. The number of hydrogen-bond donors (Lipinski definition) is 0. The standard InChI is InChI=1S/C17H20F3N/c1-21-14-6-4-7-15(21)11-12(10-14)9-13-5-2-3-8-16(13)17(18,19)20/h2-3,5,8,10,14-15H,4,6-7,9,11H2,1H3. The van der Waals surface area contributed by atoms with Crippen LogP contribution < -0.4 is 0 Å². The third kappa shape index (κ3) is 3.00. The average Bonchev–Trinajstić information content (AvgIpc) is 2.39. The summed E-state index contributed by atoms with van der Waals surface area (Å²) in [7, 11) is 2.13. The number of rotatable bonds is 2. The number of benzene rings is 1. The molecule has 2 bridgehead atoms. The lowest BCUT2D eigenvalue weighted by Crippen LogP contribution is -2.46. The summed E-state index contributed by atoms with van der Waals surface area (Å²) >= 11 is 0. The van der Waals surface area contributed by atoms with Crippen molar-refractivity contribution in [3.05, 3.63) is 47.0 Å². The molecule has 1 fully saturated rings. The van der Waals surface area contributed by atoms with Gasteiger partial charge in [0.1, 0.15) is 0 Å². The Morgan fingerprint density at radius 3 is 2.67 bits per heavy atom. The first-order chi connectivity index (χ1) is 9.95. The number of hydrogen-bond acceptors (Lipinski definition) is 1. The number of fused-ring (bicyclic) bond motifs is 2. The zero-order chi connectivity index (χ0) is 15.0. The summed E-state index contributed by atoms with van der Waals surface area (Å²) in [6, 6.07) is 6.86. The molecule has 2 aliphatic rings. The van der Waals surface area contributed by atoms with E-state index in [1.54, 1.807) is 12.1 Å². The van der Waals surface area contributed by atoms with Crippen LogP contribution in [0.2, 0.25) is 0 Å². The van der Waals surface area contributed by atoms with Gasteiger partial charge < -0.3 is 0 Å². The monoisotopic (exact) mass is 295 g/mol. The molecule has 3 rings (SSSR count). The third-order valence-corrected chi connectivity index (χ3v) is 4.80. The summed E-state index contributed by atoms with van der Waals surface area (Å²) in [5.41, 5.74) is 1.08. The van der Waals surface area contributed by atoms with Gasteiger partial charge in [-0.25, -0.2) is 0 Å². The molecule has 114 valence electrons. The van der Waals surface area contributed by atoms with E-state index in [1.807, 2.05) is 0 Å². The highest BCUT2D eigenvalue weighted by Crippen LogP contribution is 2.36. The quantitative estimate of drug-likeness (QED) is 0.730. The van der Waals surface area contributed by atoms with Crippen LogP contribution in [0, 0.1) is 0 Å². The fraction of sp³-hybridized carbons (Fsp3) is 0.529. The minimum Gasteiger partial charge on any atom is -0.297 e. The minimum atomic E-state index is -4.27. The molecular formula is C17H20F3N. The van der Waals surface area contributed by atoms with E-state index >= 15 is 0 Å². The van der Waals surface area contributed by atoms with Gasteiger partial charge in [0.25, 0.3) is 0 Å². The van der Waals surface area contributed by atoms with E-state index in [0.717, 1.165) is 19.3 Å². The lowest BCUT2D eigenvalue weighted by Gasteiger charge is -2.43. The van der Waals surface area contributed by atoms with Crippen LogP contribution in [0.1, 0.15) is 36.8 Å². The zero-order valence-electron chi connectivity index (χ0n) is 12.2. The van der Waals surface area contributed by atoms with Crippen molar-refractivity contribution in [2.24, 2.45) is 0 Å². The molecule has 2 atom stereocenters. The van der Waals surface area contributed by atoms with Gasteiger partial charge in [-0.2, -0.15) is 13.2 Å². The van der Waals surface area contributed by atoms with Gasteiger partial charge in [0.05, 0.1) is 5.56 Å². The van der Waals surface area contributed by atoms with Crippen LogP contribution in [0.5, 0.6) is 0 Å². The van der Waals surface area contributed by atoms with Crippen molar-refractivity contribution in [2.75, 3.05) is 7.05 Å². The average molecular weight is 295 g/mol. The maximum absolute atomic E-state index is 13.1. The third-order valence-electron chi connectivity index (χ3n) is 4.80. The van der Waals surface area contributed by atoms with Crippen molar-refractivity contribution in [3.8, 4) is 0 Å². The molecule has 0 aromatic heterocycles. The first-order valence-corrected chi connectivity index (χ1v) is 7.52.